The standard InChI is InChI=1S/C12H17NO/c1-2-13-8-12(9-14-10-12)11-6-4-3-5-7-11/h3-7,13H,2,8-10H2,1H3. The van der Waals surface area contributed by atoms with E-state index >= 15 is 0 Å². The molecule has 2 nitrogen and oxygen atoms in total. The van der Waals surface area contributed by atoms with E-state index in [2.05, 4.69) is 42.6 Å². The summed E-state index contributed by atoms with van der Waals surface area (Å²) >= 11 is 0. The maximum Gasteiger partial charge on any atom is 0.0598 e. The number of likely N-dealkylation sites (N-methyl/N-ethyl adjacent to an activating group) is 1. The Balaban J connectivity index is 2.12. The number of rotatable bonds is 4. The van der Waals surface area contributed by atoms with Crippen molar-refractivity contribution >= 4 is 0 Å². The molecule has 2 rings (SSSR count). The molecule has 0 atom stereocenters. The van der Waals surface area contributed by atoms with Crippen LogP contribution in [0.1, 0.15) is 12.5 Å². The monoisotopic (exact) mass is 191 g/mol. The van der Waals surface area contributed by atoms with E-state index < -0.39 is 0 Å². The average molecular weight is 191 g/mol. The first-order chi connectivity index (χ1) is 6.87. The van der Waals surface area contributed by atoms with Gasteiger partial charge in [0.2, 0.25) is 0 Å². The number of benzene rings is 1. The summed E-state index contributed by atoms with van der Waals surface area (Å²) in [6, 6.07) is 10.6. The minimum Gasteiger partial charge on any atom is -0.379 e. The lowest BCUT2D eigenvalue weighted by Gasteiger charge is -2.42. The third kappa shape index (κ3) is 1.68. The number of hydrogen-bond donors (Lipinski definition) is 1. The topological polar surface area (TPSA) is 21.3 Å². The molecule has 76 valence electrons. The molecule has 14 heavy (non-hydrogen) atoms. The first-order valence-corrected chi connectivity index (χ1v) is 5.21. The minimum absolute atomic E-state index is 0.233. The molecule has 2 heteroatoms. The molecule has 0 unspecified atom stereocenters. The second-order valence-corrected chi connectivity index (χ2v) is 3.92. The predicted molar refractivity (Wildman–Crippen MR) is 57.5 cm³/mol. The fourth-order valence-corrected chi connectivity index (χ4v) is 1.88. The van der Waals surface area contributed by atoms with Crippen molar-refractivity contribution in [2.75, 3.05) is 26.3 Å². The van der Waals surface area contributed by atoms with Gasteiger partial charge in [-0.3, -0.25) is 0 Å². The summed E-state index contributed by atoms with van der Waals surface area (Å²) in [4.78, 5) is 0. The zero-order valence-electron chi connectivity index (χ0n) is 8.62. The van der Waals surface area contributed by atoms with Gasteiger partial charge in [-0.2, -0.15) is 0 Å². The molecule has 1 aliphatic rings. The van der Waals surface area contributed by atoms with Crippen LogP contribution in [0.15, 0.2) is 30.3 Å². The first-order valence-electron chi connectivity index (χ1n) is 5.21. The molecule has 0 amide bonds. The van der Waals surface area contributed by atoms with Crippen LogP contribution in [0.25, 0.3) is 0 Å². The summed E-state index contributed by atoms with van der Waals surface area (Å²) in [5, 5.41) is 3.41. The van der Waals surface area contributed by atoms with Crippen LogP contribution in [0, 0.1) is 0 Å². The van der Waals surface area contributed by atoms with E-state index in [9.17, 15) is 0 Å². The van der Waals surface area contributed by atoms with Crippen molar-refractivity contribution in [1.29, 1.82) is 0 Å². The molecular weight excluding hydrogens is 174 g/mol. The van der Waals surface area contributed by atoms with Crippen LogP contribution in [-0.2, 0) is 10.2 Å². The van der Waals surface area contributed by atoms with Gasteiger partial charge >= 0.3 is 0 Å². The van der Waals surface area contributed by atoms with Crippen molar-refractivity contribution < 1.29 is 4.74 Å². The van der Waals surface area contributed by atoms with Gasteiger partial charge in [0.15, 0.2) is 0 Å². The largest absolute Gasteiger partial charge is 0.379 e. The van der Waals surface area contributed by atoms with Gasteiger partial charge in [-0.15, -0.1) is 0 Å². The molecule has 1 aromatic carbocycles. The Morgan fingerprint density at radius 1 is 1.29 bits per heavy atom. The number of ether oxygens (including phenoxy) is 1. The second kappa shape index (κ2) is 4.11. The van der Waals surface area contributed by atoms with Crippen LogP contribution in [-0.4, -0.2) is 26.3 Å². The van der Waals surface area contributed by atoms with E-state index in [1.165, 1.54) is 5.56 Å². The van der Waals surface area contributed by atoms with Crippen LogP contribution < -0.4 is 5.32 Å². The SMILES string of the molecule is CCNCC1(c2ccccc2)COC1. The number of nitrogens with one attached hydrogen (secondary N) is 1. The van der Waals surface area contributed by atoms with E-state index in [-0.39, 0.29) is 5.41 Å². The fraction of sp³-hybridized carbons (Fsp3) is 0.500. The Morgan fingerprint density at radius 3 is 2.50 bits per heavy atom. The minimum atomic E-state index is 0.233. The summed E-state index contributed by atoms with van der Waals surface area (Å²) in [7, 11) is 0. The Bertz CT molecular complexity index is 280. The van der Waals surface area contributed by atoms with Crippen molar-refractivity contribution in [3.8, 4) is 0 Å². The van der Waals surface area contributed by atoms with E-state index in [1.807, 2.05) is 0 Å². The zero-order valence-corrected chi connectivity index (χ0v) is 8.62. The molecule has 1 fully saturated rings. The fourth-order valence-electron chi connectivity index (χ4n) is 1.88. The van der Waals surface area contributed by atoms with E-state index in [0.29, 0.717) is 0 Å². The molecule has 1 saturated heterocycles. The van der Waals surface area contributed by atoms with Crippen molar-refractivity contribution in [2.24, 2.45) is 0 Å². The van der Waals surface area contributed by atoms with E-state index in [1.54, 1.807) is 0 Å². The summed E-state index contributed by atoms with van der Waals surface area (Å²) in [6.45, 7) is 5.88. The van der Waals surface area contributed by atoms with Gasteiger partial charge in [0.05, 0.1) is 18.6 Å². The summed E-state index contributed by atoms with van der Waals surface area (Å²) < 4.78 is 5.35. The smallest absolute Gasteiger partial charge is 0.0598 e. The quantitative estimate of drug-likeness (QED) is 0.780. The molecule has 0 aliphatic carbocycles. The van der Waals surface area contributed by atoms with Crippen molar-refractivity contribution in [3.05, 3.63) is 35.9 Å². The molecule has 1 aromatic rings. The summed E-state index contributed by atoms with van der Waals surface area (Å²) in [5.41, 5.74) is 1.63. The van der Waals surface area contributed by atoms with Gasteiger partial charge < -0.3 is 10.1 Å². The van der Waals surface area contributed by atoms with Gasteiger partial charge in [0.25, 0.3) is 0 Å². The number of hydrogen-bond acceptors (Lipinski definition) is 2. The van der Waals surface area contributed by atoms with Gasteiger partial charge in [-0.25, -0.2) is 0 Å². The highest BCUT2D eigenvalue weighted by molar-refractivity contribution is 5.28. The average Bonchev–Trinajstić information content (AvgIpc) is 2.18. The maximum atomic E-state index is 5.35. The molecule has 0 spiro atoms. The predicted octanol–water partition coefficient (Wildman–Crippen LogP) is 1.56. The van der Waals surface area contributed by atoms with E-state index in [0.717, 1.165) is 26.3 Å². The van der Waals surface area contributed by atoms with Gasteiger partial charge in [0, 0.05) is 6.54 Å². The van der Waals surface area contributed by atoms with Crippen molar-refractivity contribution in [3.63, 3.8) is 0 Å². The molecule has 1 N–H and O–H groups in total. The highest BCUT2D eigenvalue weighted by Crippen LogP contribution is 2.31. The van der Waals surface area contributed by atoms with Crippen LogP contribution in [0.5, 0.6) is 0 Å². The highest BCUT2D eigenvalue weighted by atomic mass is 16.5. The lowest BCUT2D eigenvalue weighted by atomic mass is 9.78. The molecule has 1 aliphatic heterocycles. The molecule has 0 radical (unpaired) electrons. The summed E-state index contributed by atoms with van der Waals surface area (Å²) in [6.07, 6.45) is 0. The zero-order chi connectivity index (χ0) is 9.86. The molecule has 1 heterocycles. The van der Waals surface area contributed by atoms with Crippen LogP contribution in [0.2, 0.25) is 0 Å². The van der Waals surface area contributed by atoms with Crippen molar-refractivity contribution in [2.45, 2.75) is 12.3 Å². The van der Waals surface area contributed by atoms with Crippen LogP contribution >= 0.6 is 0 Å². The second-order valence-electron chi connectivity index (χ2n) is 3.92. The third-order valence-electron chi connectivity index (χ3n) is 2.86. The lowest BCUT2D eigenvalue weighted by molar-refractivity contribution is -0.0588. The Hall–Kier alpha value is -0.860. The van der Waals surface area contributed by atoms with Crippen LogP contribution in [0.4, 0.5) is 0 Å². The van der Waals surface area contributed by atoms with Crippen LogP contribution in [0.3, 0.4) is 0 Å². The van der Waals surface area contributed by atoms with Crippen molar-refractivity contribution in [1.82, 2.24) is 5.32 Å². The summed E-state index contributed by atoms with van der Waals surface area (Å²) in [5.74, 6) is 0. The molecule has 0 saturated carbocycles. The van der Waals surface area contributed by atoms with Gasteiger partial charge in [-0.05, 0) is 12.1 Å². The maximum absolute atomic E-state index is 5.35. The Labute approximate surface area is 85.3 Å². The third-order valence-corrected chi connectivity index (χ3v) is 2.86. The Kier molecular flexibility index (Phi) is 2.85. The highest BCUT2D eigenvalue weighted by Gasteiger charge is 2.39. The normalized spacial score (nSPS) is 18.9. The molecule has 0 bridgehead atoms. The van der Waals surface area contributed by atoms with Gasteiger partial charge in [-0.1, -0.05) is 37.3 Å². The van der Waals surface area contributed by atoms with Gasteiger partial charge in [0.1, 0.15) is 0 Å². The first kappa shape index (κ1) is 9.69. The lowest BCUT2D eigenvalue weighted by Crippen LogP contribution is -2.53. The molecule has 0 aromatic heterocycles. The Morgan fingerprint density at radius 2 is 2.00 bits per heavy atom. The van der Waals surface area contributed by atoms with E-state index in [4.69, 9.17) is 4.74 Å². The molecular formula is C12H17NO.